The van der Waals surface area contributed by atoms with E-state index in [0.717, 1.165) is 13.1 Å². The van der Waals surface area contributed by atoms with E-state index in [1.807, 2.05) is 13.8 Å². The monoisotopic (exact) mass is 441 g/mol. The molecule has 0 unspecified atom stereocenters. The Kier molecular flexibility index (Phi) is 6.99. The Labute approximate surface area is 184 Å². The van der Waals surface area contributed by atoms with Gasteiger partial charge in [0.2, 0.25) is 0 Å². The lowest BCUT2D eigenvalue weighted by Crippen LogP contribution is -2.38. The molecule has 0 spiro atoms. The van der Waals surface area contributed by atoms with Crippen LogP contribution in [0.15, 0.2) is 54.1 Å². The van der Waals surface area contributed by atoms with Crippen LogP contribution in [0, 0.1) is 15.9 Å². The molecule has 0 aliphatic carbocycles. The lowest BCUT2D eigenvalue weighted by atomic mass is 9.95. The van der Waals surface area contributed by atoms with Gasteiger partial charge in [-0.15, -0.1) is 0 Å². The van der Waals surface area contributed by atoms with Gasteiger partial charge in [0.05, 0.1) is 16.5 Å². The molecule has 2 aromatic rings. The fourth-order valence-electron chi connectivity index (χ4n) is 3.82. The summed E-state index contributed by atoms with van der Waals surface area (Å²) in [5.41, 5.74) is -0.214. The van der Waals surface area contributed by atoms with Gasteiger partial charge in [0.15, 0.2) is 0 Å². The Bertz CT molecular complexity index is 1060. The first-order chi connectivity index (χ1) is 15.3. The van der Waals surface area contributed by atoms with Crippen molar-refractivity contribution in [2.75, 3.05) is 26.2 Å². The number of nitro benzene ring substituents is 1. The quantitative estimate of drug-likeness (QED) is 0.221. The van der Waals surface area contributed by atoms with Crippen molar-refractivity contribution in [1.82, 2.24) is 9.80 Å². The molecule has 1 fully saturated rings. The number of aliphatic hydroxyl groups is 1. The van der Waals surface area contributed by atoms with Crippen LogP contribution in [-0.2, 0) is 9.59 Å². The highest BCUT2D eigenvalue weighted by Crippen LogP contribution is 2.40. The average molecular weight is 441 g/mol. The zero-order valence-corrected chi connectivity index (χ0v) is 17.8. The third kappa shape index (κ3) is 4.38. The summed E-state index contributed by atoms with van der Waals surface area (Å²) in [5, 5.41) is 21.8. The molecule has 2 aromatic carbocycles. The number of carbonyl (C=O) groups excluding carboxylic acids is 2. The van der Waals surface area contributed by atoms with Crippen molar-refractivity contribution in [2.45, 2.75) is 19.9 Å². The molecule has 1 N–H and O–H groups in total. The largest absolute Gasteiger partial charge is 0.507 e. The van der Waals surface area contributed by atoms with Gasteiger partial charge >= 0.3 is 0 Å². The van der Waals surface area contributed by atoms with Crippen molar-refractivity contribution < 1.29 is 24.0 Å². The fourth-order valence-corrected chi connectivity index (χ4v) is 3.82. The number of rotatable bonds is 8. The van der Waals surface area contributed by atoms with Gasteiger partial charge < -0.3 is 14.9 Å². The van der Waals surface area contributed by atoms with Gasteiger partial charge in [-0.05, 0) is 31.3 Å². The maximum absolute atomic E-state index is 14.7. The van der Waals surface area contributed by atoms with E-state index in [1.165, 1.54) is 47.4 Å². The van der Waals surface area contributed by atoms with Crippen LogP contribution >= 0.6 is 0 Å². The van der Waals surface area contributed by atoms with Crippen LogP contribution in [0.5, 0.6) is 0 Å². The number of benzene rings is 2. The first-order valence-electron chi connectivity index (χ1n) is 10.3. The number of likely N-dealkylation sites (tertiary alicyclic amines) is 1. The summed E-state index contributed by atoms with van der Waals surface area (Å²) in [6.45, 7) is 6.08. The number of amides is 1. The Balaban J connectivity index is 2.11. The second kappa shape index (κ2) is 9.69. The predicted molar refractivity (Wildman–Crippen MR) is 116 cm³/mol. The minimum absolute atomic E-state index is 0.0923. The second-order valence-electron chi connectivity index (χ2n) is 7.34. The first kappa shape index (κ1) is 23.1. The SMILES string of the molecule is CCN(CC)CCN1C(=O)C(=O)/C(=C(\O)c2ccc([N+](=O)[O-])cc2)[C@@H]1c1ccccc1F. The van der Waals surface area contributed by atoms with Gasteiger partial charge in [-0.2, -0.15) is 0 Å². The minimum Gasteiger partial charge on any atom is -0.507 e. The predicted octanol–water partition coefficient (Wildman–Crippen LogP) is 3.50. The van der Waals surface area contributed by atoms with E-state index < -0.39 is 34.2 Å². The van der Waals surface area contributed by atoms with Gasteiger partial charge in [-0.3, -0.25) is 19.7 Å². The number of nitrogens with zero attached hydrogens (tertiary/aromatic N) is 3. The number of hydrogen-bond donors (Lipinski definition) is 1. The number of ketones is 1. The highest BCUT2D eigenvalue weighted by molar-refractivity contribution is 6.46. The second-order valence-corrected chi connectivity index (χ2v) is 7.34. The molecule has 0 bridgehead atoms. The van der Waals surface area contributed by atoms with Crippen molar-refractivity contribution in [2.24, 2.45) is 0 Å². The zero-order valence-electron chi connectivity index (χ0n) is 17.8. The van der Waals surface area contributed by atoms with E-state index in [0.29, 0.717) is 6.54 Å². The van der Waals surface area contributed by atoms with E-state index in [1.54, 1.807) is 6.07 Å². The van der Waals surface area contributed by atoms with Gasteiger partial charge in [0.25, 0.3) is 17.4 Å². The Hall–Kier alpha value is -3.59. The summed E-state index contributed by atoms with van der Waals surface area (Å²) >= 11 is 0. The smallest absolute Gasteiger partial charge is 0.295 e. The molecule has 9 heteroatoms. The summed E-state index contributed by atoms with van der Waals surface area (Å²) in [7, 11) is 0. The molecule has 1 amide bonds. The minimum atomic E-state index is -1.11. The maximum atomic E-state index is 14.7. The van der Waals surface area contributed by atoms with Crippen LogP contribution in [0.25, 0.3) is 5.76 Å². The van der Waals surface area contributed by atoms with Crippen molar-refractivity contribution in [3.8, 4) is 0 Å². The molecule has 1 atom stereocenters. The lowest BCUT2D eigenvalue weighted by molar-refractivity contribution is -0.384. The molecule has 168 valence electrons. The third-order valence-electron chi connectivity index (χ3n) is 5.64. The van der Waals surface area contributed by atoms with Gasteiger partial charge in [0.1, 0.15) is 11.6 Å². The summed E-state index contributed by atoms with van der Waals surface area (Å²) in [6, 6.07) is 9.62. The van der Waals surface area contributed by atoms with Crippen molar-refractivity contribution in [1.29, 1.82) is 0 Å². The van der Waals surface area contributed by atoms with Crippen molar-refractivity contribution in [3.63, 3.8) is 0 Å². The molecule has 3 rings (SSSR count). The molecule has 32 heavy (non-hydrogen) atoms. The van der Waals surface area contributed by atoms with E-state index in [9.17, 15) is 29.2 Å². The summed E-state index contributed by atoms with van der Waals surface area (Å²) in [4.78, 5) is 39.5. The standard InChI is InChI=1S/C23H24FN3O5/c1-3-25(4-2)13-14-26-20(17-7-5-6-8-18(17)24)19(22(29)23(26)30)21(28)15-9-11-16(12-10-15)27(31)32/h5-12,20,28H,3-4,13-14H2,1-2H3/b21-19-/t20-/m0/s1. The molecule has 1 aliphatic heterocycles. The number of aliphatic hydroxyl groups excluding tert-OH is 1. The fraction of sp³-hybridized carbons (Fsp3) is 0.304. The number of Topliss-reactive ketones (excluding diaryl/α,β-unsaturated/α-hetero) is 1. The molecule has 0 saturated carbocycles. The average Bonchev–Trinajstić information content (AvgIpc) is 3.04. The summed E-state index contributed by atoms with van der Waals surface area (Å²) in [6.07, 6.45) is 0. The van der Waals surface area contributed by atoms with Crippen LogP contribution in [0.4, 0.5) is 10.1 Å². The van der Waals surface area contributed by atoms with Gasteiger partial charge in [0, 0.05) is 36.3 Å². The number of nitro groups is 1. The molecule has 8 nitrogen and oxygen atoms in total. The molecule has 0 radical (unpaired) electrons. The van der Waals surface area contributed by atoms with E-state index in [-0.39, 0.29) is 28.9 Å². The first-order valence-corrected chi connectivity index (χ1v) is 10.3. The Morgan fingerprint density at radius 1 is 1.12 bits per heavy atom. The third-order valence-corrected chi connectivity index (χ3v) is 5.64. The van der Waals surface area contributed by atoms with Crippen molar-refractivity contribution in [3.05, 3.63) is 81.2 Å². The number of carbonyl (C=O) groups is 2. The lowest BCUT2D eigenvalue weighted by Gasteiger charge is -2.28. The summed E-state index contributed by atoms with van der Waals surface area (Å²) in [5.74, 6) is -2.86. The van der Waals surface area contributed by atoms with E-state index >= 15 is 0 Å². The molecule has 1 heterocycles. The number of likely N-dealkylation sites (N-methyl/N-ethyl adjacent to an activating group) is 1. The van der Waals surface area contributed by atoms with Crippen LogP contribution < -0.4 is 0 Å². The molecular formula is C23H24FN3O5. The summed E-state index contributed by atoms with van der Waals surface area (Å²) < 4.78 is 14.7. The van der Waals surface area contributed by atoms with Crippen molar-refractivity contribution >= 4 is 23.1 Å². The topological polar surface area (TPSA) is 104 Å². The van der Waals surface area contributed by atoms with Crippen LogP contribution in [0.1, 0.15) is 31.0 Å². The van der Waals surface area contributed by atoms with E-state index in [2.05, 4.69) is 4.90 Å². The van der Waals surface area contributed by atoms with Crippen LogP contribution in [0.3, 0.4) is 0 Å². The number of hydrogen-bond acceptors (Lipinski definition) is 6. The number of halogens is 1. The molecule has 1 saturated heterocycles. The van der Waals surface area contributed by atoms with Crippen LogP contribution in [0.2, 0.25) is 0 Å². The maximum Gasteiger partial charge on any atom is 0.295 e. The molecule has 1 aliphatic rings. The Morgan fingerprint density at radius 2 is 1.75 bits per heavy atom. The normalized spacial score (nSPS) is 17.9. The molecular weight excluding hydrogens is 417 g/mol. The highest BCUT2D eigenvalue weighted by Gasteiger charge is 2.46. The molecule has 0 aromatic heterocycles. The van der Waals surface area contributed by atoms with Crippen LogP contribution in [-0.4, -0.2) is 57.7 Å². The zero-order chi connectivity index (χ0) is 23.4. The Morgan fingerprint density at radius 3 is 2.31 bits per heavy atom. The van der Waals surface area contributed by atoms with Gasteiger partial charge in [-0.1, -0.05) is 32.0 Å². The van der Waals surface area contributed by atoms with E-state index in [4.69, 9.17) is 0 Å². The van der Waals surface area contributed by atoms with Gasteiger partial charge in [-0.25, -0.2) is 4.39 Å². The number of non-ortho nitro benzene ring substituents is 1. The highest BCUT2D eigenvalue weighted by atomic mass is 19.1.